The highest BCUT2D eigenvalue weighted by atomic mass is 35.5. The van der Waals surface area contributed by atoms with Gasteiger partial charge in [0.25, 0.3) is 5.56 Å². The van der Waals surface area contributed by atoms with E-state index in [1.54, 1.807) is 23.0 Å². The van der Waals surface area contributed by atoms with Crippen LogP contribution < -0.4 is 5.56 Å². The van der Waals surface area contributed by atoms with Gasteiger partial charge in [-0.05, 0) is 36.1 Å². The number of hydrogen-bond donors (Lipinski definition) is 0. The highest BCUT2D eigenvalue weighted by molar-refractivity contribution is 7.15. The molecule has 4 aromatic rings. The molecule has 5 nitrogen and oxygen atoms in total. The first-order chi connectivity index (χ1) is 12.7. The Kier molecular flexibility index (Phi) is 3.62. The molecule has 0 aliphatic heterocycles. The number of pyridine rings is 2. The van der Waals surface area contributed by atoms with E-state index in [2.05, 4.69) is 16.0 Å². The molecular formula is C19H13ClN4OS. The molecule has 7 heteroatoms. The predicted octanol–water partition coefficient (Wildman–Crippen LogP) is 4.14. The maximum absolute atomic E-state index is 12.9. The van der Waals surface area contributed by atoms with Crippen LogP contribution in [0.25, 0.3) is 16.2 Å². The number of aromatic nitrogens is 4. The first-order valence-corrected chi connectivity index (χ1v) is 9.50. The lowest BCUT2D eigenvalue weighted by molar-refractivity contribution is 0.938. The fourth-order valence-corrected chi connectivity index (χ4v) is 4.53. The van der Waals surface area contributed by atoms with Gasteiger partial charge in [-0.2, -0.15) is 0 Å². The van der Waals surface area contributed by atoms with E-state index in [1.807, 2.05) is 29.8 Å². The third kappa shape index (κ3) is 2.45. The second-order valence-electron chi connectivity index (χ2n) is 6.33. The van der Waals surface area contributed by atoms with Crippen molar-refractivity contribution in [2.45, 2.75) is 18.3 Å². The topological polar surface area (TPSA) is 60.2 Å². The Hall–Kier alpha value is -2.57. The molecule has 1 aliphatic rings. The van der Waals surface area contributed by atoms with Crippen LogP contribution in [0.1, 0.15) is 29.5 Å². The first kappa shape index (κ1) is 15.7. The van der Waals surface area contributed by atoms with E-state index in [1.165, 1.54) is 11.3 Å². The molecule has 26 heavy (non-hydrogen) atoms. The maximum atomic E-state index is 12.9. The Morgan fingerprint density at radius 3 is 2.65 bits per heavy atom. The minimum Gasteiger partial charge on any atom is -0.267 e. The van der Waals surface area contributed by atoms with Crippen molar-refractivity contribution in [2.75, 3.05) is 0 Å². The minimum absolute atomic E-state index is 0.174. The Labute approximate surface area is 158 Å². The zero-order valence-electron chi connectivity index (χ0n) is 13.5. The summed E-state index contributed by atoms with van der Waals surface area (Å²) in [6.07, 6.45) is 8.01. The van der Waals surface area contributed by atoms with Crippen molar-refractivity contribution in [3.05, 3.63) is 81.1 Å². The van der Waals surface area contributed by atoms with Crippen LogP contribution >= 0.6 is 22.9 Å². The van der Waals surface area contributed by atoms with Crippen LogP contribution in [0.4, 0.5) is 0 Å². The van der Waals surface area contributed by atoms with Gasteiger partial charge in [0.05, 0.1) is 11.4 Å². The van der Waals surface area contributed by atoms with Gasteiger partial charge in [-0.25, -0.2) is 9.38 Å². The highest BCUT2D eigenvalue weighted by Crippen LogP contribution is 2.55. The Morgan fingerprint density at radius 2 is 1.92 bits per heavy atom. The molecule has 5 rings (SSSR count). The zero-order valence-corrected chi connectivity index (χ0v) is 15.1. The maximum Gasteiger partial charge on any atom is 0.278 e. The van der Waals surface area contributed by atoms with E-state index < -0.39 is 0 Å². The summed E-state index contributed by atoms with van der Waals surface area (Å²) >= 11 is 7.89. The molecule has 0 aromatic carbocycles. The zero-order chi connectivity index (χ0) is 17.7. The number of fused-ring (bicyclic) bond motifs is 1. The van der Waals surface area contributed by atoms with Gasteiger partial charge in [-0.15, -0.1) is 11.3 Å². The van der Waals surface area contributed by atoms with Crippen molar-refractivity contribution in [2.24, 2.45) is 0 Å². The Morgan fingerprint density at radius 1 is 1.12 bits per heavy atom. The van der Waals surface area contributed by atoms with Crippen LogP contribution in [0.3, 0.4) is 0 Å². The lowest BCUT2D eigenvalue weighted by atomic mass is 10.1. The molecule has 2 atom stereocenters. The average molecular weight is 381 g/mol. The van der Waals surface area contributed by atoms with Crippen molar-refractivity contribution in [3.8, 4) is 11.3 Å². The standard InChI is InChI=1S/C19H13ClN4OS/c20-16-17(14-7-13(14)11-3-1-5-21-8-11)23-19-24(18(16)25)15(10-26-19)12-4-2-6-22-9-12/h1-6,8-10,13-14H,7H2. The first-order valence-electron chi connectivity index (χ1n) is 8.24. The number of rotatable bonds is 3. The molecule has 0 bridgehead atoms. The van der Waals surface area contributed by atoms with Crippen LogP contribution in [-0.2, 0) is 0 Å². The van der Waals surface area contributed by atoms with Gasteiger partial charge in [0.15, 0.2) is 4.96 Å². The third-order valence-corrected chi connectivity index (χ3v) is 5.93. The number of nitrogens with zero attached hydrogens (tertiary/aromatic N) is 4. The van der Waals surface area contributed by atoms with Gasteiger partial charge >= 0.3 is 0 Å². The molecule has 0 amide bonds. The van der Waals surface area contributed by atoms with E-state index in [9.17, 15) is 4.79 Å². The van der Waals surface area contributed by atoms with Gasteiger partial charge in [0.2, 0.25) is 0 Å². The van der Waals surface area contributed by atoms with Gasteiger partial charge in [-0.1, -0.05) is 17.7 Å². The summed E-state index contributed by atoms with van der Waals surface area (Å²) in [5, 5.41) is 2.13. The lowest BCUT2D eigenvalue weighted by Crippen LogP contribution is -2.17. The molecule has 0 spiro atoms. The molecule has 0 radical (unpaired) electrons. The summed E-state index contributed by atoms with van der Waals surface area (Å²) in [5.41, 5.74) is 3.28. The van der Waals surface area contributed by atoms with Gasteiger partial charge in [0.1, 0.15) is 5.02 Å². The average Bonchev–Trinajstić information content (AvgIpc) is 3.37. The fraction of sp³-hybridized carbons (Fsp3) is 0.158. The summed E-state index contributed by atoms with van der Waals surface area (Å²) in [4.78, 5) is 26.6. The van der Waals surface area contributed by atoms with Gasteiger partial charge in [-0.3, -0.25) is 14.8 Å². The predicted molar refractivity (Wildman–Crippen MR) is 102 cm³/mol. The van der Waals surface area contributed by atoms with Crippen LogP contribution in [0.15, 0.2) is 59.2 Å². The van der Waals surface area contributed by atoms with Crippen molar-refractivity contribution in [3.63, 3.8) is 0 Å². The quantitative estimate of drug-likeness (QED) is 0.536. The van der Waals surface area contributed by atoms with E-state index in [0.717, 1.165) is 23.2 Å². The molecule has 2 unspecified atom stereocenters. The van der Waals surface area contributed by atoms with Crippen LogP contribution in [0.5, 0.6) is 0 Å². The molecule has 1 aliphatic carbocycles. The molecule has 1 fully saturated rings. The van der Waals surface area contributed by atoms with Crippen LogP contribution in [-0.4, -0.2) is 19.4 Å². The number of hydrogen-bond acceptors (Lipinski definition) is 5. The van der Waals surface area contributed by atoms with Crippen molar-refractivity contribution in [1.82, 2.24) is 19.4 Å². The van der Waals surface area contributed by atoms with E-state index in [0.29, 0.717) is 16.6 Å². The Bertz CT molecular complexity index is 1160. The molecular weight excluding hydrogens is 368 g/mol. The fourth-order valence-electron chi connectivity index (χ4n) is 3.37. The smallest absolute Gasteiger partial charge is 0.267 e. The summed E-state index contributed by atoms with van der Waals surface area (Å²) < 4.78 is 1.58. The van der Waals surface area contributed by atoms with E-state index >= 15 is 0 Å². The molecule has 1 saturated carbocycles. The molecule has 0 saturated heterocycles. The van der Waals surface area contributed by atoms with Gasteiger partial charge in [0, 0.05) is 41.6 Å². The second kappa shape index (κ2) is 6.00. The normalized spacial score (nSPS) is 19.0. The van der Waals surface area contributed by atoms with Crippen molar-refractivity contribution < 1.29 is 0 Å². The SMILES string of the molecule is O=c1c(Cl)c(C2CC2c2cccnc2)nc2scc(-c3cccnc3)n12. The summed E-state index contributed by atoms with van der Waals surface area (Å²) in [7, 11) is 0. The number of thiazole rings is 1. The van der Waals surface area contributed by atoms with Crippen molar-refractivity contribution >= 4 is 27.9 Å². The summed E-state index contributed by atoms with van der Waals surface area (Å²) in [6.45, 7) is 0. The lowest BCUT2D eigenvalue weighted by Gasteiger charge is -2.06. The molecule has 4 heterocycles. The van der Waals surface area contributed by atoms with Gasteiger partial charge < -0.3 is 0 Å². The van der Waals surface area contributed by atoms with Crippen LogP contribution in [0.2, 0.25) is 5.02 Å². The van der Waals surface area contributed by atoms with E-state index in [-0.39, 0.29) is 16.5 Å². The monoisotopic (exact) mass is 380 g/mol. The third-order valence-electron chi connectivity index (χ3n) is 4.75. The minimum atomic E-state index is -0.219. The highest BCUT2D eigenvalue weighted by Gasteiger charge is 2.42. The molecule has 0 N–H and O–H groups in total. The number of halogens is 1. The van der Waals surface area contributed by atoms with E-state index in [4.69, 9.17) is 16.6 Å². The van der Waals surface area contributed by atoms with Crippen LogP contribution in [0, 0.1) is 0 Å². The largest absolute Gasteiger partial charge is 0.278 e. The molecule has 4 aromatic heterocycles. The summed E-state index contributed by atoms with van der Waals surface area (Å²) in [5.74, 6) is 0.502. The van der Waals surface area contributed by atoms with Crippen molar-refractivity contribution in [1.29, 1.82) is 0 Å². The Balaban J connectivity index is 1.60. The summed E-state index contributed by atoms with van der Waals surface area (Å²) in [6, 6.07) is 7.75. The molecule has 128 valence electrons. The second-order valence-corrected chi connectivity index (χ2v) is 7.55.